The molecule has 0 aliphatic heterocycles. The van der Waals surface area contributed by atoms with Gasteiger partial charge in [0, 0.05) is 48.1 Å². The molecule has 1 heterocycles. The van der Waals surface area contributed by atoms with Crippen LogP contribution in [0.5, 0.6) is 0 Å². The lowest BCUT2D eigenvalue weighted by Crippen LogP contribution is -2.24. The zero-order chi connectivity index (χ0) is 17.3. The molecule has 0 radical (unpaired) electrons. The standard InChI is InChI=1S/C18H20N2O2S2/c1-11-8-13-12(18-19-6-7-23-18)4-5-15(17(13)14(21)9-11)24-10-16(22)20(2)3/h4-7,11H,8-10H2,1-3H3. The van der Waals surface area contributed by atoms with E-state index in [-0.39, 0.29) is 11.7 Å². The summed E-state index contributed by atoms with van der Waals surface area (Å²) in [6, 6.07) is 4.02. The van der Waals surface area contributed by atoms with Crippen LogP contribution in [-0.4, -0.2) is 41.4 Å². The van der Waals surface area contributed by atoms with Gasteiger partial charge in [-0.1, -0.05) is 13.0 Å². The maximum Gasteiger partial charge on any atom is 0.232 e. The maximum absolute atomic E-state index is 12.7. The Morgan fingerprint density at radius 1 is 1.38 bits per heavy atom. The smallest absolute Gasteiger partial charge is 0.232 e. The van der Waals surface area contributed by atoms with Crippen LogP contribution in [0.15, 0.2) is 28.6 Å². The fourth-order valence-electron chi connectivity index (χ4n) is 2.93. The number of nitrogens with zero attached hydrogens (tertiary/aromatic N) is 2. The number of amides is 1. The van der Waals surface area contributed by atoms with E-state index >= 15 is 0 Å². The summed E-state index contributed by atoms with van der Waals surface area (Å²) in [7, 11) is 3.49. The molecule has 0 saturated carbocycles. The van der Waals surface area contributed by atoms with Crippen molar-refractivity contribution in [2.45, 2.75) is 24.7 Å². The van der Waals surface area contributed by atoms with Gasteiger partial charge < -0.3 is 4.90 Å². The number of benzene rings is 1. The van der Waals surface area contributed by atoms with E-state index in [1.807, 2.05) is 17.5 Å². The molecule has 0 fully saturated rings. The average Bonchev–Trinajstić information content (AvgIpc) is 3.05. The van der Waals surface area contributed by atoms with Crippen LogP contribution in [0, 0.1) is 5.92 Å². The molecule has 0 bridgehead atoms. The van der Waals surface area contributed by atoms with Gasteiger partial charge >= 0.3 is 0 Å². The lowest BCUT2D eigenvalue weighted by molar-refractivity contribution is -0.125. The Morgan fingerprint density at radius 2 is 2.17 bits per heavy atom. The van der Waals surface area contributed by atoms with Crippen molar-refractivity contribution >= 4 is 34.8 Å². The van der Waals surface area contributed by atoms with Crippen molar-refractivity contribution in [3.63, 3.8) is 0 Å². The largest absolute Gasteiger partial charge is 0.348 e. The van der Waals surface area contributed by atoms with Gasteiger partial charge in [0.25, 0.3) is 0 Å². The SMILES string of the molecule is CC1CC(=O)c2c(SCC(=O)N(C)C)ccc(-c3nccs3)c2C1. The number of rotatable bonds is 4. The predicted molar refractivity (Wildman–Crippen MR) is 98.8 cm³/mol. The second kappa shape index (κ2) is 7.07. The Hall–Kier alpha value is -1.66. The first-order chi connectivity index (χ1) is 11.5. The van der Waals surface area contributed by atoms with Crippen LogP contribution in [0.25, 0.3) is 10.6 Å². The molecular weight excluding hydrogens is 340 g/mol. The van der Waals surface area contributed by atoms with Crippen LogP contribution in [0.1, 0.15) is 29.3 Å². The third-order valence-electron chi connectivity index (χ3n) is 4.15. The third kappa shape index (κ3) is 3.39. The molecule has 126 valence electrons. The van der Waals surface area contributed by atoms with Gasteiger partial charge in [-0.3, -0.25) is 9.59 Å². The molecule has 1 aliphatic carbocycles. The van der Waals surface area contributed by atoms with Crippen LogP contribution >= 0.6 is 23.1 Å². The van der Waals surface area contributed by atoms with E-state index in [2.05, 4.69) is 11.9 Å². The fraction of sp³-hybridized carbons (Fsp3) is 0.389. The minimum Gasteiger partial charge on any atom is -0.348 e. The van der Waals surface area contributed by atoms with Gasteiger partial charge in [-0.2, -0.15) is 0 Å². The molecule has 6 heteroatoms. The van der Waals surface area contributed by atoms with E-state index in [1.54, 1.807) is 36.5 Å². The highest BCUT2D eigenvalue weighted by atomic mass is 32.2. The van der Waals surface area contributed by atoms with Crippen molar-refractivity contribution in [1.82, 2.24) is 9.88 Å². The van der Waals surface area contributed by atoms with Crippen molar-refractivity contribution < 1.29 is 9.59 Å². The van der Waals surface area contributed by atoms with Gasteiger partial charge in [0.1, 0.15) is 5.01 Å². The number of fused-ring (bicyclic) bond motifs is 1. The van der Waals surface area contributed by atoms with Gasteiger partial charge in [0.2, 0.25) is 5.91 Å². The first-order valence-corrected chi connectivity index (χ1v) is 9.75. The molecule has 3 rings (SSSR count). The quantitative estimate of drug-likeness (QED) is 0.779. The van der Waals surface area contributed by atoms with E-state index in [0.29, 0.717) is 18.1 Å². The number of hydrogen-bond acceptors (Lipinski definition) is 5. The van der Waals surface area contributed by atoms with Crippen molar-refractivity contribution in [3.8, 4) is 10.6 Å². The Bertz CT molecular complexity index is 770. The number of ketones is 1. The zero-order valence-electron chi connectivity index (χ0n) is 14.0. The molecule has 24 heavy (non-hydrogen) atoms. The van der Waals surface area contributed by atoms with Crippen LogP contribution in [0.2, 0.25) is 0 Å². The highest BCUT2D eigenvalue weighted by Crippen LogP contribution is 2.39. The lowest BCUT2D eigenvalue weighted by Gasteiger charge is -2.25. The third-order valence-corrected chi connectivity index (χ3v) is 6.00. The van der Waals surface area contributed by atoms with E-state index in [4.69, 9.17) is 0 Å². The number of carbonyl (C=O) groups excluding carboxylic acids is 2. The molecule has 1 unspecified atom stereocenters. The molecule has 4 nitrogen and oxygen atoms in total. The van der Waals surface area contributed by atoms with Crippen molar-refractivity contribution in [2.75, 3.05) is 19.8 Å². The van der Waals surface area contributed by atoms with Gasteiger partial charge in [0.05, 0.1) is 5.75 Å². The van der Waals surface area contributed by atoms with E-state index in [1.165, 1.54) is 11.8 Å². The average molecular weight is 361 g/mol. The molecule has 1 atom stereocenters. The Balaban J connectivity index is 2.01. The summed E-state index contributed by atoms with van der Waals surface area (Å²) in [6.45, 7) is 2.11. The second-order valence-corrected chi connectivity index (χ2v) is 8.23. The van der Waals surface area contributed by atoms with E-state index in [9.17, 15) is 9.59 Å². The molecule has 1 amide bonds. The molecule has 1 aliphatic rings. The summed E-state index contributed by atoms with van der Waals surface area (Å²) in [4.78, 5) is 31.5. The molecule has 1 aromatic carbocycles. The Kier molecular flexibility index (Phi) is 5.06. The highest BCUT2D eigenvalue weighted by molar-refractivity contribution is 8.00. The van der Waals surface area contributed by atoms with Crippen molar-refractivity contribution in [1.29, 1.82) is 0 Å². The van der Waals surface area contributed by atoms with Crippen LogP contribution in [-0.2, 0) is 11.2 Å². The normalized spacial score (nSPS) is 16.8. The number of aromatic nitrogens is 1. The predicted octanol–water partition coefficient (Wildman–Crippen LogP) is 3.76. The van der Waals surface area contributed by atoms with Gasteiger partial charge in [0.15, 0.2) is 5.78 Å². The van der Waals surface area contributed by atoms with Crippen LogP contribution in [0.4, 0.5) is 0 Å². The summed E-state index contributed by atoms with van der Waals surface area (Å²) in [5.41, 5.74) is 2.96. The zero-order valence-corrected chi connectivity index (χ0v) is 15.7. The van der Waals surface area contributed by atoms with Crippen molar-refractivity contribution in [3.05, 3.63) is 34.8 Å². The molecule has 2 aromatic rings. The number of thioether (sulfide) groups is 1. The summed E-state index contributed by atoms with van der Waals surface area (Å²) in [6.07, 6.45) is 3.24. The first-order valence-electron chi connectivity index (χ1n) is 7.89. The Labute approximate surface area is 150 Å². The monoisotopic (exact) mass is 360 g/mol. The second-order valence-electron chi connectivity index (χ2n) is 6.32. The molecule has 0 spiro atoms. The molecular formula is C18H20N2O2S2. The van der Waals surface area contributed by atoms with Crippen LogP contribution in [0.3, 0.4) is 0 Å². The summed E-state index contributed by atoms with van der Waals surface area (Å²) in [5.74, 6) is 0.919. The number of hydrogen-bond donors (Lipinski definition) is 0. The first kappa shape index (κ1) is 17.2. The summed E-state index contributed by atoms with van der Waals surface area (Å²) in [5, 5.41) is 2.91. The van der Waals surface area contributed by atoms with Gasteiger partial charge in [-0.25, -0.2) is 4.98 Å². The topological polar surface area (TPSA) is 50.3 Å². The molecule has 1 aromatic heterocycles. The summed E-state index contributed by atoms with van der Waals surface area (Å²) < 4.78 is 0. The fourth-order valence-corrected chi connectivity index (χ4v) is 4.70. The number of thiazole rings is 1. The summed E-state index contributed by atoms with van der Waals surface area (Å²) >= 11 is 3.04. The number of Topliss-reactive ketones (excluding diaryl/α,β-unsaturated/α-hetero) is 1. The minimum absolute atomic E-state index is 0.0503. The lowest BCUT2D eigenvalue weighted by atomic mass is 9.82. The van der Waals surface area contributed by atoms with Crippen molar-refractivity contribution in [2.24, 2.45) is 5.92 Å². The van der Waals surface area contributed by atoms with E-state index in [0.717, 1.165) is 33.0 Å². The van der Waals surface area contributed by atoms with E-state index < -0.39 is 0 Å². The minimum atomic E-state index is 0.0503. The maximum atomic E-state index is 12.7. The van der Waals surface area contributed by atoms with Crippen LogP contribution < -0.4 is 0 Å². The molecule has 0 saturated heterocycles. The van der Waals surface area contributed by atoms with Gasteiger partial charge in [-0.05, 0) is 24.0 Å². The number of carbonyl (C=O) groups is 2. The van der Waals surface area contributed by atoms with Gasteiger partial charge in [-0.15, -0.1) is 23.1 Å². The highest BCUT2D eigenvalue weighted by Gasteiger charge is 2.28. The Morgan fingerprint density at radius 3 is 2.83 bits per heavy atom. The molecule has 0 N–H and O–H groups in total.